The van der Waals surface area contributed by atoms with Crippen LogP contribution in [0.1, 0.15) is 25.3 Å². The first-order chi connectivity index (χ1) is 18.1. The maximum atomic E-state index is 14.9. The number of anilines is 2. The average Bonchev–Trinajstić information content (AvgIpc) is 3.51. The molecule has 204 valence electrons. The molecule has 2 fully saturated rings. The van der Waals surface area contributed by atoms with Gasteiger partial charge in [0.1, 0.15) is 11.3 Å². The molecular weight excluding hydrogens is 502 g/mol. The Morgan fingerprint density at radius 1 is 1.16 bits per heavy atom. The molecule has 0 aliphatic carbocycles. The molecule has 0 saturated carbocycles. The van der Waals surface area contributed by atoms with Crippen LogP contribution in [0.5, 0.6) is 0 Å². The summed E-state index contributed by atoms with van der Waals surface area (Å²) in [5.41, 5.74) is 4.14. The normalized spacial score (nSPS) is 18.4. The molecule has 1 atom stereocenters. The molecule has 0 radical (unpaired) electrons. The van der Waals surface area contributed by atoms with Crippen molar-refractivity contribution in [2.24, 2.45) is 5.92 Å². The third kappa shape index (κ3) is 5.57. The van der Waals surface area contributed by atoms with Gasteiger partial charge in [-0.2, -0.15) is 18.3 Å². The van der Waals surface area contributed by atoms with Crippen LogP contribution >= 0.6 is 0 Å². The lowest BCUT2D eigenvalue weighted by molar-refractivity contribution is -0.143. The number of nitrogens with zero attached hydrogens (tertiary/aromatic N) is 4. The van der Waals surface area contributed by atoms with Gasteiger partial charge in [-0.1, -0.05) is 0 Å². The van der Waals surface area contributed by atoms with E-state index in [1.165, 1.54) is 11.0 Å². The van der Waals surface area contributed by atoms with Crippen LogP contribution in [0, 0.1) is 18.7 Å². The minimum Gasteiger partial charge on any atom is -0.378 e. The molecule has 2 aliphatic heterocycles. The number of morpholine rings is 1. The lowest BCUT2D eigenvalue weighted by Gasteiger charge is -2.29. The van der Waals surface area contributed by atoms with Gasteiger partial charge in [0.2, 0.25) is 0 Å². The molecule has 11 heteroatoms. The van der Waals surface area contributed by atoms with E-state index in [0.717, 1.165) is 47.4 Å². The van der Waals surface area contributed by atoms with E-state index in [4.69, 9.17) is 9.84 Å². The summed E-state index contributed by atoms with van der Waals surface area (Å²) in [6.07, 6.45) is -2.95. The predicted octanol–water partition coefficient (Wildman–Crippen LogP) is 5.81. The molecule has 1 N–H and O–H groups in total. The maximum absolute atomic E-state index is 14.9. The molecule has 2 saturated heterocycles. The SMILES string of the molecule is CCn1cc2cc(-c3cc(NC(=O)N4CC[C@@H](CC(F)(F)F)C4)c(F)cc3C)cc(N3CCOCC3)c2n1. The fourth-order valence-corrected chi connectivity index (χ4v) is 5.31. The zero-order chi connectivity index (χ0) is 27.0. The van der Waals surface area contributed by atoms with E-state index in [1.54, 1.807) is 13.0 Å². The Labute approximate surface area is 218 Å². The Morgan fingerprint density at radius 3 is 2.63 bits per heavy atom. The number of urea groups is 1. The number of halogens is 4. The van der Waals surface area contributed by atoms with Gasteiger partial charge in [0.25, 0.3) is 0 Å². The standard InChI is InChI=1S/C27H31F4N5O2/c1-3-36-16-20-11-19(12-24(25(20)33-36)34-6-8-38-9-7-34)21-13-23(22(28)10-17(21)2)32-26(37)35-5-4-18(15-35)14-27(29,30)31/h10-13,16,18H,3-9,14-15H2,1-2H3,(H,32,37)/t18-/m0/s1. The van der Waals surface area contributed by atoms with Gasteiger partial charge in [-0.3, -0.25) is 4.68 Å². The number of hydrogen-bond acceptors (Lipinski definition) is 4. The van der Waals surface area contributed by atoms with E-state index in [1.807, 2.05) is 29.9 Å². The molecule has 2 aromatic carbocycles. The van der Waals surface area contributed by atoms with Crippen molar-refractivity contribution in [3.05, 3.63) is 41.8 Å². The van der Waals surface area contributed by atoms with E-state index < -0.39 is 30.4 Å². The van der Waals surface area contributed by atoms with Crippen LogP contribution in [-0.4, -0.2) is 66.3 Å². The van der Waals surface area contributed by atoms with Crippen molar-refractivity contribution < 1.29 is 27.1 Å². The number of rotatable bonds is 5. The minimum absolute atomic E-state index is 0.00727. The van der Waals surface area contributed by atoms with Gasteiger partial charge in [0.05, 0.1) is 24.6 Å². The number of aromatic nitrogens is 2. The second kappa shape index (κ2) is 10.4. The second-order valence-corrected chi connectivity index (χ2v) is 10.0. The zero-order valence-corrected chi connectivity index (χ0v) is 21.4. The van der Waals surface area contributed by atoms with Crippen molar-refractivity contribution in [2.75, 3.05) is 49.6 Å². The highest BCUT2D eigenvalue weighted by Gasteiger charge is 2.36. The third-order valence-electron chi connectivity index (χ3n) is 7.27. The molecule has 0 bridgehead atoms. The summed E-state index contributed by atoms with van der Waals surface area (Å²) < 4.78 is 60.6. The molecule has 3 aromatic rings. The van der Waals surface area contributed by atoms with Gasteiger partial charge in [-0.05, 0) is 67.1 Å². The summed E-state index contributed by atoms with van der Waals surface area (Å²) in [7, 11) is 0. The average molecular weight is 534 g/mol. The molecule has 2 amide bonds. The van der Waals surface area contributed by atoms with Crippen LogP contribution in [0.3, 0.4) is 0 Å². The maximum Gasteiger partial charge on any atom is 0.389 e. The van der Waals surface area contributed by atoms with Crippen LogP contribution in [-0.2, 0) is 11.3 Å². The summed E-state index contributed by atoms with van der Waals surface area (Å²) in [5, 5.41) is 8.29. The number of fused-ring (bicyclic) bond motifs is 1. The number of alkyl halides is 3. The Balaban J connectivity index is 1.45. The highest BCUT2D eigenvalue weighted by atomic mass is 19.4. The number of ether oxygens (including phenoxy) is 1. The molecule has 3 heterocycles. The van der Waals surface area contributed by atoms with E-state index in [9.17, 15) is 22.4 Å². The van der Waals surface area contributed by atoms with E-state index in [0.29, 0.717) is 18.8 Å². The van der Waals surface area contributed by atoms with Gasteiger partial charge in [-0.25, -0.2) is 9.18 Å². The molecule has 1 aromatic heterocycles. The lowest BCUT2D eigenvalue weighted by Crippen LogP contribution is -2.36. The minimum atomic E-state index is -4.27. The first-order valence-corrected chi connectivity index (χ1v) is 12.9. The predicted molar refractivity (Wildman–Crippen MR) is 138 cm³/mol. The van der Waals surface area contributed by atoms with Crippen molar-refractivity contribution in [3.8, 4) is 11.1 Å². The van der Waals surface area contributed by atoms with Crippen LogP contribution in [0.4, 0.5) is 33.7 Å². The number of carbonyl (C=O) groups is 1. The van der Waals surface area contributed by atoms with Gasteiger partial charge >= 0.3 is 12.2 Å². The van der Waals surface area contributed by atoms with Crippen LogP contribution in [0.15, 0.2) is 30.5 Å². The number of carbonyl (C=O) groups excluding carboxylic acids is 1. The number of benzene rings is 2. The van der Waals surface area contributed by atoms with Crippen molar-refractivity contribution in [1.82, 2.24) is 14.7 Å². The van der Waals surface area contributed by atoms with Gasteiger partial charge in [0, 0.05) is 50.7 Å². The van der Waals surface area contributed by atoms with Crippen molar-refractivity contribution in [2.45, 2.75) is 39.4 Å². The Hall–Kier alpha value is -3.34. The van der Waals surface area contributed by atoms with Crippen molar-refractivity contribution in [1.29, 1.82) is 0 Å². The van der Waals surface area contributed by atoms with Gasteiger partial charge in [-0.15, -0.1) is 0 Å². The molecular formula is C27H31F4N5O2. The number of aryl methyl sites for hydroxylation is 2. The van der Waals surface area contributed by atoms with Gasteiger partial charge < -0.3 is 19.9 Å². The quantitative estimate of drug-likeness (QED) is 0.421. The fourth-order valence-electron chi connectivity index (χ4n) is 5.31. The molecule has 38 heavy (non-hydrogen) atoms. The largest absolute Gasteiger partial charge is 0.389 e. The summed E-state index contributed by atoms with van der Waals surface area (Å²) in [4.78, 5) is 16.4. The topological polar surface area (TPSA) is 62.6 Å². The molecule has 7 nitrogen and oxygen atoms in total. The first kappa shape index (κ1) is 26.3. The number of likely N-dealkylation sites (tertiary alicyclic amines) is 1. The first-order valence-electron chi connectivity index (χ1n) is 12.9. The molecule has 5 rings (SSSR count). The number of hydrogen-bond donors (Lipinski definition) is 1. The van der Waals surface area contributed by atoms with Crippen molar-refractivity contribution in [3.63, 3.8) is 0 Å². The van der Waals surface area contributed by atoms with Gasteiger partial charge in [0.15, 0.2) is 0 Å². The van der Waals surface area contributed by atoms with E-state index in [-0.39, 0.29) is 25.2 Å². The molecule has 0 unspecified atom stereocenters. The second-order valence-electron chi connectivity index (χ2n) is 10.0. The highest BCUT2D eigenvalue weighted by molar-refractivity contribution is 5.96. The summed E-state index contributed by atoms with van der Waals surface area (Å²) >= 11 is 0. The fraction of sp³-hybridized carbons (Fsp3) is 0.481. The third-order valence-corrected chi connectivity index (χ3v) is 7.27. The summed E-state index contributed by atoms with van der Waals surface area (Å²) in [6.45, 7) is 7.43. The Kier molecular flexibility index (Phi) is 7.21. The zero-order valence-electron chi connectivity index (χ0n) is 21.4. The Bertz CT molecular complexity index is 1330. The monoisotopic (exact) mass is 533 g/mol. The summed E-state index contributed by atoms with van der Waals surface area (Å²) in [5.74, 6) is -1.24. The molecule has 2 aliphatic rings. The van der Waals surface area contributed by atoms with Crippen molar-refractivity contribution >= 4 is 28.3 Å². The Morgan fingerprint density at radius 2 is 1.92 bits per heavy atom. The van der Waals surface area contributed by atoms with Crippen LogP contribution in [0.25, 0.3) is 22.0 Å². The number of amides is 2. The van der Waals surface area contributed by atoms with Crippen LogP contribution < -0.4 is 10.2 Å². The molecule has 0 spiro atoms. The van der Waals surface area contributed by atoms with Crippen LogP contribution in [0.2, 0.25) is 0 Å². The highest BCUT2D eigenvalue weighted by Crippen LogP contribution is 2.37. The summed E-state index contributed by atoms with van der Waals surface area (Å²) in [6, 6.07) is 6.41. The smallest absolute Gasteiger partial charge is 0.378 e. The number of nitrogens with one attached hydrogen (secondary N) is 1. The van der Waals surface area contributed by atoms with E-state index in [2.05, 4.69) is 10.2 Å². The van der Waals surface area contributed by atoms with E-state index >= 15 is 0 Å². The lowest BCUT2D eigenvalue weighted by atomic mass is 9.97.